The van der Waals surface area contributed by atoms with Crippen LogP contribution < -0.4 is 5.73 Å². The average molecular weight is 184 g/mol. The van der Waals surface area contributed by atoms with E-state index in [-0.39, 0.29) is 5.60 Å². The Labute approximate surface area is 80.4 Å². The normalized spacial score (nSPS) is 23.1. The molecule has 0 atom stereocenters. The smallest absolute Gasteiger partial charge is 0.126 e. The van der Waals surface area contributed by atoms with Crippen molar-refractivity contribution in [3.8, 4) is 0 Å². The van der Waals surface area contributed by atoms with Gasteiger partial charge in [-0.05, 0) is 19.8 Å². The van der Waals surface area contributed by atoms with E-state index in [1.807, 2.05) is 6.92 Å². The number of nitrogens with two attached hydrogens (primary N) is 1. The van der Waals surface area contributed by atoms with Crippen molar-refractivity contribution in [2.75, 3.05) is 13.7 Å². The summed E-state index contributed by atoms with van der Waals surface area (Å²) < 4.78 is 5.77. The number of rotatable bonds is 3. The topological polar surface area (TPSA) is 47.6 Å². The van der Waals surface area contributed by atoms with E-state index < -0.39 is 0 Å². The molecular weight excluding hydrogens is 164 g/mol. The van der Waals surface area contributed by atoms with Gasteiger partial charge in [-0.1, -0.05) is 19.3 Å². The molecule has 1 saturated carbocycles. The lowest BCUT2D eigenvalue weighted by atomic mass is 9.83. The second-order valence-electron chi connectivity index (χ2n) is 3.60. The van der Waals surface area contributed by atoms with E-state index in [0.29, 0.717) is 5.84 Å². The molecule has 0 aliphatic heterocycles. The minimum atomic E-state index is -0.234. The van der Waals surface area contributed by atoms with Crippen molar-refractivity contribution in [1.82, 2.24) is 0 Å². The average Bonchev–Trinajstić information content (AvgIpc) is 2.18. The van der Waals surface area contributed by atoms with Crippen molar-refractivity contribution in [2.45, 2.75) is 44.6 Å². The first-order valence-electron chi connectivity index (χ1n) is 5.12. The summed E-state index contributed by atoms with van der Waals surface area (Å²) >= 11 is 0. The fourth-order valence-corrected chi connectivity index (χ4v) is 2.08. The Balaban J connectivity index is 2.72. The summed E-state index contributed by atoms with van der Waals surface area (Å²) in [6, 6.07) is 0. The Hall–Kier alpha value is -0.570. The Morgan fingerprint density at radius 2 is 2.00 bits per heavy atom. The summed E-state index contributed by atoms with van der Waals surface area (Å²) in [4.78, 5) is 4.07. The summed E-state index contributed by atoms with van der Waals surface area (Å²) in [6.45, 7) is 2.73. The molecule has 3 nitrogen and oxygen atoms in total. The molecule has 0 heterocycles. The van der Waals surface area contributed by atoms with E-state index in [1.165, 1.54) is 19.3 Å². The summed E-state index contributed by atoms with van der Waals surface area (Å²) in [5, 5.41) is 0. The molecule has 13 heavy (non-hydrogen) atoms. The predicted molar refractivity (Wildman–Crippen MR) is 55.0 cm³/mol. The van der Waals surface area contributed by atoms with Gasteiger partial charge in [-0.3, -0.25) is 4.99 Å². The van der Waals surface area contributed by atoms with E-state index in [2.05, 4.69) is 4.99 Å². The summed E-state index contributed by atoms with van der Waals surface area (Å²) in [5.41, 5.74) is 5.66. The van der Waals surface area contributed by atoms with Gasteiger partial charge in [0.1, 0.15) is 11.4 Å². The van der Waals surface area contributed by atoms with Crippen LogP contribution in [0.4, 0.5) is 0 Å². The van der Waals surface area contributed by atoms with E-state index in [1.54, 1.807) is 7.05 Å². The third kappa shape index (κ3) is 2.21. The van der Waals surface area contributed by atoms with Gasteiger partial charge in [0, 0.05) is 13.7 Å². The van der Waals surface area contributed by atoms with Crippen LogP contribution in [-0.4, -0.2) is 25.1 Å². The van der Waals surface area contributed by atoms with Crippen LogP contribution in [-0.2, 0) is 4.74 Å². The van der Waals surface area contributed by atoms with E-state index >= 15 is 0 Å². The van der Waals surface area contributed by atoms with Gasteiger partial charge >= 0.3 is 0 Å². The Kier molecular flexibility index (Phi) is 3.72. The SMILES string of the molecule is CCOC1(C(N)=NC)CCCCC1. The highest BCUT2D eigenvalue weighted by molar-refractivity contribution is 5.89. The number of nitrogens with zero attached hydrogens (tertiary/aromatic N) is 1. The number of hydrogen-bond donors (Lipinski definition) is 1. The third-order valence-electron chi connectivity index (χ3n) is 2.79. The van der Waals surface area contributed by atoms with Crippen LogP contribution in [0.5, 0.6) is 0 Å². The number of aliphatic imine (C=N–C) groups is 1. The summed E-state index contributed by atoms with van der Waals surface area (Å²) in [7, 11) is 1.74. The fourth-order valence-electron chi connectivity index (χ4n) is 2.08. The van der Waals surface area contributed by atoms with Crippen LogP contribution in [0.3, 0.4) is 0 Å². The highest BCUT2D eigenvalue weighted by Crippen LogP contribution is 2.31. The van der Waals surface area contributed by atoms with Crippen LogP contribution in [0.15, 0.2) is 4.99 Å². The second kappa shape index (κ2) is 4.61. The molecule has 0 spiro atoms. The zero-order valence-electron chi connectivity index (χ0n) is 8.68. The zero-order valence-corrected chi connectivity index (χ0v) is 8.68. The largest absolute Gasteiger partial charge is 0.385 e. The third-order valence-corrected chi connectivity index (χ3v) is 2.79. The molecular formula is C10H20N2O. The van der Waals surface area contributed by atoms with Crippen LogP contribution in [0.1, 0.15) is 39.0 Å². The molecule has 76 valence electrons. The molecule has 0 aromatic heterocycles. The lowest BCUT2D eigenvalue weighted by Crippen LogP contribution is -2.47. The van der Waals surface area contributed by atoms with Crippen LogP contribution in [0.2, 0.25) is 0 Å². The predicted octanol–water partition coefficient (Wildman–Crippen LogP) is 1.71. The molecule has 2 N–H and O–H groups in total. The molecule has 0 unspecified atom stereocenters. The van der Waals surface area contributed by atoms with Gasteiger partial charge in [-0.15, -0.1) is 0 Å². The summed E-state index contributed by atoms with van der Waals surface area (Å²) in [5.74, 6) is 0.675. The molecule has 0 radical (unpaired) electrons. The molecule has 0 bridgehead atoms. The molecule has 1 rings (SSSR count). The van der Waals surface area contributed by atoms with Crippen molar-refractivity contribution in [3.05, 3.63) is 0 Å². The molecule has 0 saturated heterocycles. The van der Waals surface area contributed by atoms with Crippen LogP contribution >= 0.6 is 0 Å². The quantitative estimate of drug-likeness (QED) is 0.536. The van der Waals surface area contributed by atoms with Crippen molar-refractivity contribution in [1.29, 1.82) is 0 Å². The lowest BCUT2D eigenvalue weighted by molar-refractivity contribution is -0.0119. The van der Waals surface area contributed by atoms with E-state index in [4.69, 9.17) is 10.5 Å². The van der Waals surface area contributed by atoms with Gasteiger partial charge in [-0.25, -0.2) is 0 Å². The molecule has 1 aliphatic carbocycles. The molecule has 0 aromatic rings. The van der Waals surface area contributed by atoms with Gasteiger partial charge in [0.2, 0.25) is 0 Å². The molecule has 1 fully saturated rings. The number of hydrogen-bond acceptors (Lipinski definition) is 2. The molecule has 1 aliphatic rings. The first kappa shape index (κ1) is 10.5. The van der Waals surface area contributed by atoms with Gasteiger partial charge < -0.3 is 10.5 Å². The molecule has 0 amide bonds. The first-order valence-corrected chi connectivity index (χ1v) is 5.12. The minimum Gasteiger partial charge on any atom is -0.385 e. The van der Waals surface area contributed by atoms with Gasteiger partial charge in [0.05, 0.1) is 0 Å². The van der Waals surface area contributed by atoms with Crippen LogP contribution in [0, 0.1) is 0 Å². The zero-order chi connectivity index (χ0) is 9.73. The Bertz CT molecular complexity index is 178. The minimum absolute atomic E-state index is 0.234. The monoisotopic (exact) mass is 184 g/mol. The van der Waals surface area contributed by atoms with Crippen molar-refractivity contribution < 1.29 is 4.74 Å². The van der Waals surface area contributed by atoms with Crippen molar-refractivity contribution in [3.63, 3.8) is 0 Å². The molecule has 3 heteroatoms. The fraction of sp³-hybridized carbons (Fsp3) is 0.900. The Morgan fingerprint density at radius 3 is 2.46 bits per heavy atom. The maximum atomic E-state index is 5.89. The maximum absolute atomic E-state index is 5.89. The second-order valence-corrected chi connectivity index (χ2v) is 3.60. The highest BCUT2D eigenvalue weighted by Gasteiger charge is 2.36. The summed E-state index contributed by atoms with van der Waals surface area (Å²) in [6.07, 6.45) is 5.77. The van der Waals surface area contributed by atoms with Gasteiger partial charge in [0.15, 0.2) is 0 Å². The van der Waals surface area contributed by atoms with E-state index in [9.17, 15) is 0 Å². The van der Waals surface area contributed by atoms with Crippen molar-refractivity contribution >= 4 is 5.84 Å². The maximum Gasteiger partial charge on any atom is 0.126 e. The van der Waals surface area contributed by atoms with Crippen LogP contribution in [0.25, 0.3) is 0 Å². The highest BCUT2D eigenvalue weighted by atomic mass is 16.5. The van der Waals surface area contributed by atoms with E-state index in [0.717, 1.165) is 19.4 Å². The standard InChI is InChI=1S/C10H20N2O/c1-3-13-10(9(11)12-2)7-5-4-6-8-10/h3-8H2,1-2H3,(H2,11,12). The molecule has 0 aromatic carbocycles. The van der Waals surface area contributed by atoms with Gasteiger partial charge in [-0.2, -0.15) is 0 Å². The first-order chi connectivity index (χ1) is 6.25. The number of amidine groups is 1. The number of ether oxygens (including phenoxy) is 1. The lowest BCUT2D eigenvalue weighted by Gasteiger charge is -2.36. The van der Waals surface area contributed by atoms with Crippen molar-refractivity contribution in [2.24, 2.45) is 10.7 Å². The van der Waals surface area contributed by atoms with Gasteiger partial charge in [0.25, 0.3) is 0 Å². The Morgan fingerprint density at radius 1 is 1.38 bits per heavy atom.